The zero-order valence-corrected chi connectivity index (χ0v) is 10.9. The van der Waals surface area contributed by atoms with E-state index in [-0.39, 0.29) is 5.33 Å². The molecule has 20 heavy (non-hydrogen) atoms. The third-order valence-corrected chi connectivity index (χ3v) is 2.68. The van der Waals surface area contributed by atoms with Gasteiger partial charge in [0, 0.05) is 0 Å². The lowest BCUT2D eigenvalue weighted by atomic mass is 10.2. The number of cyclic esters (lactones) is 1. The summed E-state index contributed by atoms with van der Waals surface area (Å²) in [6, 6.07) is 0. The van der Waals surface area contributed by atoms with Crippen molar-refractivity contribution in [1.29, 1.82) is 0 Å². The third-order valence-electron chi connectivity index (χ3n) is 2.17. The molecule has 0 spiro atoms. The molecule has 1 fully saturated rings. The molecule has 1 rings (SSSR count). The van der Waals surface area contributed by atoms with Crippen LogP contribution in [-0.4, -0.2) is 48.0 Å². The van der Waals surface area contributed by atoms with Gasteiger partial charge in [-0.15, -0.1) is 0 Å². The number of esters is 1. The monoisotopic (exact) mass is 373 g/mol. The highest BCUT2D eigenvalue weighted by Crippen LogP contribution is 2.50. The maximum Gasteiger partial charge on any atom is 0.465 e. The van der Waals surface area contributed by atoms with Crippen LogP contribution in [0.2, 0.25) is 0 Å². The average Bonchev–Trinajstić information content (AvgIpc) is 2.63. The molecule has 1 aliphatic rings. The van der Waals surface area contributed by atoms with Gasteiger partial charge < -0.3 is 14.8 Å². The highest BCUT2D eigenvalue weighted by Gasteiger charge is 2.80. The second kappa shape index (κ2) is 5.39. The lowest BCUT2D eigenvalue weighted by Gasteiger charge is -2.30. The van der Waals surface area contributed by atoms with Crippen LogP contribution in [0, 0.1) is 0 Å². The van der Waals surface area contributed by atoms with Gasteiger partial charge >= 0.3 is 24.1 Å². The van der Waals surface area contributed by atoms with Gasteiger partial charge in [-0.3, -0.25) is 4.79 Å². The SMILES string of the molecule is O=C(CBr)NC[C@@H]1OC(C(F)(F)F)(C(F)(F)F)OC1=O. The summed E-state index contributed by atoms with van der Waals surface area (Å²) in [5.74, 6) is -7.63. The first-order valence-corrected chi connectivity index (χ1v) is 5.93. The van der Waals surface area contributed by atoms with Gasteiger partial charge in [0.25, 0.3) is 0 Å². The largest absolute Gasteiger partial charge is 0.465 e. The number of carbonyl (C=O) groups is 2. The quantitative estimate of drug-likeness (QED) is 0.459. The molecular weight excluding hydrogens is 368 g/mol. The second-order valence-electron chi connectivity index (χ2n) is 3.58. The first kappa shape index (κ1) is 17.0. The topological polar surface area (TPSA) is 64.6 Å². The number of rotatable bonds is 3. The predicted octanol–water partition coefficient (Wildman–Crippen LogP) is 1.26. The van der Waals surface area contributed by atoms with Crippen molar-refractivity contribution in [2.45, 2.75) is 24.2 Å². The minimum atomic E-state index is -6.00. The molecule has 1 amide bonds. The van der Waals surface area contributed by atoms with Crippen molar-refractivity contribution in [3.05, 3.63) is 0 Å². The standard InChI is InChI=1S/C8H6BrF6NO4/c9-1-4(17)16-2-3-5(18)20-6(19-3,7(10,11)12)8(13,14)15/h3H,1-2H2,(H,16,17)/t3-/m0/s1. The molecule has 0 radical (unpaired) electrons. The van der Waals surface area contributed by atoms with Gasteiger partial charge in [0.15, 0.2) is 6.10 Å². The number of halogens is 7. The Morgan fingerprint density at radius 1 is 1.25 bits per heavy atom. The van der Waals surface area contributed by atoms with Gasteiger partial charge in [-0.05, 0) is 0 Å². The van der Waals surface area contributed by atoms with E-state index in [1.807, 2.05) is 5.32 Å². The zero-order valence-electron chi connectivity index (χ0n) is 9.27. The number of amides is 1. The number of alkyl halides is 7. The fraction of sp³-hybridized carbons (Fsp3) is 0.750. The minimum Gasteiger partial charge on any atom is -0.414 e. The van der Waals surface area contributed by atoms with Crippen LogP contribution >= 0.6 is 15.9 Å². The molecule has 0 aromatic heterocycles. The Balaban J connectivity index is 2.94. The molecule has 0 bridgehead atoms. The molecule has 0 aromatic rings. The van der Waals surface area contributed by atoms with Crippen molar-refractivity contribution in [1.82, 2.24) is 5.32 Å². The summed E-state index contributed by atoms with van der Waals surface area (Å²) >= 11 is 2.70. The van der Waals surface area contributed by atoms with Gasteiger partial charge in [0.1, 0.15) is 0 Å². The zero-order chi connectivity index (χ0) is 15.8. The van der Waals surface area contributed by atoms with Crippen LogP contribution in [0.4, 0.5) is 26.3 Å². The first-order chi connectivity index (χ1) is 8.94. The van der Waals surface area contributed by atoms with Crippen LogP contribution in [0.3, 0.4) is 0 Å². The van der Waals surface area contributed by atoms with E-state index < -0.39 is 42.7 Å². The highest BCUT2D eigenvalue weighted by atomic mass is 79.9. The second-order valence-corrected chi connectivity index (χ2v) is 4.14. The summed E-state index contributed by atoms with van der Waals surface area (Å²) in [4.78, 5) is 21.9. The summed E-state index contributed by atoms with van der Waals surface area (Å²) in [5.41, 5.74) is 0. The lowest BCUT2D eigenvalue weighted by molar-refractivity contribution is -0.439. The van der Waals surface area contributed by atoms with Crippen LogP contribution < -0.4 is 5.32 Å². The summed E-state index contributed by atoms with van der Waals surface area (Å²) in [5, 5.41) is 1.65. The summed E-state index contributed by atoms with van der Waals surface area (Å²) in [6.07, 6.45) is -14.2. The Morgan fingerprint density at radius 2 is 1.75 bits per heavy atom. The van der Waals surface area contributed by atoms with Crippen LogP contribution in [0.5, 0.6) is 0 Å². The van der Waals surface area contributed by atoms with Crippen molar-refractivity contribution in [3.63, 3.8) is 0 Å². The third kappa shape index (κ3) is 3.00. The van der Waals surface area contributed by atoms with Crippen molar-refractivity contribution in [2.24, 2.45) is 0 Å². The van der Waals surface area contributed by atoms with Gasteiger partial charge in [-0.1, -0.05) is 15.9 Å². The molecule has 12 heteroatoms. The maximum atomic E-state index is 12.5. The molecule has 1 heterocycles. The minimum absolute atomic E-state index is 0.252. The molecule has 1 N–H and O–H groups in total. The van der Waals surface area contributed by atoms with E-state index in [1.165, 1.54) is 0 Å². The molecule has 0 aromatic carbocycles. The Labute approximate surface area is 115 Å². The van der Waals surface area contributed by atoms with Crippen LogP contribution in [0.15, 0.2) is 0 Å². The van der Waals surface area contributed by atoms with E-state index in [9.17, 15) is 35.9 Å². The Hall–Kier alpha value is -1.04. The molecule has 0 aliphatic carbocycles. The summed E-state index contributed by atoms with van der Waals surface area (Å²) in [7, 11) is 0. The van der Waals surface area contributed by atoms with Crippen molar-refractivity contribution in [2.75, 3.05) is 11.9 Å². The fourth-order valence-electron chi connectivity index (χ4n) is 1.27. The van der Waals surface area contributed by atoms with Crippen molar-refractivity contribution in [3.8, 4) is 0 Å². The Bertz CT molecular complexity index is 395. The molecule has 0 saturated carbocycles. The molecule has 5 nitrogen and oxygen atoms in total. The molecular formula is C8H6BrF6NO4. The smallest absolute Gasteiger partial charge is 0.414 e. The van der Waals surface area contributed by atoms with Crippen LogP contribution in [-0.2, 0) is 19.1 Å². The van der Waals surface area contributed by atoms with E-state index in [0.29, 0.717) is 0 Å². The molecule has 1 saturated heterocycles. The number of ether oxygens (including phenoxy) is 2. The van der Waals surface area contributed by atoms with E-state index in [1.54, 1.807) is 0 Å². The van der Waals surface area contributed by atoms with Gasteiger partial charge in [-0.25, -0.2) is 4.79 Å². The Morgan fingerprint density at radius 3 is 2.10 bits per heavy atom. The summed E-state index contributed by atoms with van der Waals surface area (Å²) < 4.78 is 82.2. The van der Waals surface area contributed by atoms with E-state index in [0.717, 1.165) is 0 Å². The van der Waals surface area contributed by atoms with Gasteiger partial charge in [0.2, 0.25) is 5.91 Å². The average molecular weight is 374 g/mol. The lowest BCUT2D eigenvalue weighted by Crippen LogP contribution is -2.58. The van der Waals surface area contributed by atoms with Gasteiger partial charge in [0.05, 0.1) is 11.9 Å². The first-order valence-electron chi connectivity index (χ1n) is 4.81. The predicted molar refractivity (Wildman–Crippen MR) is 52.6 cm³/mol. The van der Waals surface area contributed by atoms with Crippen molar-refractivity contribution >= 4 is 27.8 Å². The number of carbonyl (C=O) groups excluding carboxylic acids is 2. The summed E-state index contributed by atoms with van der Waals surface area (Å²) in [6.45, 7) is -0.878. The number of hydrogen-bond acceptors (Lipinski definition) is 4. The highest BCUT2D eigenvalue weighted by molar-refractivity contribution is 9.09. The van der Waals surface area contributed by atoms with Gasteiger partial charge in [-0.2, -0.15) is 26.3 Å². The van der Waals surface area contributed by atoms with Crippen LogP contribution in [0.1, 0.15) is 0 Å². The number of hydrogen-bond donors (Lipinski definition) is 1. The van der Waals surface area contributed by atoms with E-state index in [4.69, 9.17) is 0 Å². The normalized spacial score (nSPS) is 22.6. The number of nitrogens with one attached hydrogen (secondary N) is 1. The van der Waals surface area contributed by atoms with E-state index >= 15 is 0 Å². The van der Waals surface area contributed by atoms with Crippen molar-refractivity contribution < 1.29 is 45.4 Å². The maximum absolute atomic E-state index is 12.5. The Kier molecular flexibility index (Phi) is 4.58. The fourth-order valence-corrected chi connectivity index (χ4v) is 1.47. The molecule has 1 aliphatic heterocycles. The molecule has 1 atom stereocenters. The van der Waals surface area contributed by atoms with E-state index in [2.05, 4.69) is 25.4 Å². The van der Waals surface area contributed by atoms with Crippen LogP contribution in [0.25, 0.3) is 0 Å². The molecule has 0 unspecified atom stereocenters. The molecule has 116 valence electrons.